The summed E-state index contributed by atoms with van der Waals surface area (Å²) >= 11 is 0. The van der Waals surface area contributed by atoms with Gasteiger partial charge in [0.15, 0.2) is 11.5 Å². The van der Waals surface area contributed by atoms with Crippen molar-refractivity contribution in [1.82, 2.24) is 5.32 Å². The molecule has 0 fully saturated rings. The first-order valence-electron chi connectivity index (χ1n) is 6.33. The molecule has 0 aliphatic heterocycles. The zero-order chi connectivity index (χ0) is 14.3. The zero-order valence-corrected chi connectivity index (χ0v) is 12.9. The Kier molecular flexibility index (Phi) is 6.87. The molecule has 1 aromatic rings. The summed E-state index contributed by atoms with van der Waals surface area (Å²) in [7, 11) is 2.55. The van der Waals surface area contributed by atoms with Crippen molar-refractivity contribution in [2.24, 2.45) is 0 Å². The minimum atomic E-state index is -0.711. The fourth-order valence-corrected chi connectivity index (χ4v) is 2.38. The maximum absolute atomic E-state index is 11.0. The molecule has 0 radical (unpaired) electrons. The van der Waals surface area contributed by atoms with Gasteiger partial charge < -0.3 is 14.8 Å². The van der Waals surface area contributed by atoms with Crippen LogP contribution in [0.3, 0.4) is 0 Å². The molecule has 0 saturated carbocycles. The fourth-order valence-electron chi connectivity index (χ4n) is 1.83. The molecule has 108 valence electrons. The SMILES string of the molecule is COc1ccc(C(C)NCCCS(C)=O)cc1OC. The van der Waals surface area contributed by atoms with Gasteiger partial charge in [-0.15, -0.1) is 0 Å². The van der Waals surface area contributed by atoms with E-state index in [0.717, 1.165) is 35.8 Å². The first kappa shape index (κ1) is 16.0. The molecular formula is C14H23NO3S. The van der Waals surface area contributed by atoms with Crippen molar-refractivity contribution in [3.8, 4) is 11.5 Å². The Bertz CT molecular complexity index is 423. The van der Waals surface area contributed by atoms with Crippen LogP contribution < -0.4 is 14.8 Å². The first-order chi connectivity index (χ1) is 9.08. The maximum Gasteiger partial charge on any atom is 0.161 e. The summed E-state index contributed by atoms with van der Waals surface area (Å²) < 4.78 is 21.5. The smallest absolute Gasteiger partial charge is 0.161 e. The molecule has 0 aliphatic rings. The van der Waals surface area contributed by atoms with Crippen molar-refractivity contribution < 1.29 is 13.7 Å². The van der Waals surface area contributed by atoms with Crippen molar-refractivity contribution in [3.05, 3.63) is 23.8 Å². The van der Waals surface area contributed by atoms with Crippen LogP contribution >= 0.6 is 0 Å². The number of benzene rings is 1. The minimum absolute atomic E-state index is 0.227. The monoisotopic (exact) mass is 285 g/mol. The van der Waals surface area contributed by atoms with Crippen molar-refractivity contribution in [2.45, 2.75) is 19.4 Å². The average Bonchev–Trinajstić information content (AvgIpc) is 2.42. The lowest BCUT2D eigenvalue weighted by Gasteiger charge is -2.16. The number of nitrogens with one attached hydrogen (secondary N) is 1. The van der Waals surface area contributed by atoms with E-state index < -0.39 is 10.8 Å². The van der Waals surface area contributed by atoms with E-state index in [4.69, 9.17) is 9.47 Å². The van der Waals surface area contributed by atoms with Gasteiger partial charge in [-0.3, -0.25) is 4.21 Å². The van der Waals surface area contributed by atoms with Crippen molar-refractivity contribution in [2.75, 3.05) is 32.8 Å². The molecule has 4 nitrogen and oxygen atoms in total. The number of methoxy groups -OCH3 is 2. The van der Waals surface area contributed by atoms with Crippen LogP contribution in [0.15, 0.2) is 18.2 Å². The van der Waals surface area contributed by atoms with Crippen LogP contribution in [0.1, 0.15) is 24.9 Å². The number of hydrogen-bond acceptors (Lipinski definition) is 4. The second kappa shape index (κ2) is 8.17. The van der Waals surface area contributed by atoms with Crippen LogP contribution in [0, 0.1) is 0 Å². The van der Waals surface area contributed by atoms with Gasteiger partial charge in [0.05, 0.1) is 14.2 Å². The van der Waals surface area contributed by atoms with E-state index in [1.807, 2.05) is 18.2 Å². The third-order valence-electron chi connectivity index (χ3n) is 2.97. The molecule has 0 saturated heterocycles. The Morgan fingerprint density at radius 3 is 2.53 bits per heavy atom. The Hall–Kier alpha value is -1.07. The summed E-state index contributed by atoms with van der Waals surface area (Å²) in [5.74, 6) is 2.22. The summed E-state index contributed by atoms with van der Waals surface area (Å²) in [6.07, 6.45) is 2.65. The van der Waals surface area contributed by atoms with E-state index in [9.17, 15) is 4.21 Å². The van der Waals surface area contributed by atoms with Gasteiger partial charge in [-0.1, -0.05) is 6.07 Å². The highest BCUT2D eigenvalue weighted by Gasteiger charge is 2.09. The molecule has 0 bridgehead atoms. The van der Waals surface area contributed by atoms with Gasteiger partial charge in [0.2, 0.25) is 0 Å². The van der Waals surface area contributed by atoms with Gasteiger partial charge in [-0.05, 0) is 37.6 Å². The van der Waals surface area contributed by atoms with Crippen molar-refractivity contribution in [1.29, 1.82) is 0 Å². The summed E-state index contributed by atoms with van der Waals surface area (Å²) in [5.41, 5.74) is 1.15. The maximum atomic E-state index is 11.0. The molecule has 2 unspecified atom stereocenters. The van der Waals surface area contributed by atoms with Gasteiger partial charge in [-0.25, -0.2) is 0 Å². The number of rotatable bonds is 8. The molecule has 0 aromatic heterocycles. The molecule has 1 rings (SSSR count). The van der Waals surface area contributed by atoms with Crippen LogP contribution in [0.5, 0.6) is 11.5 Å². The van der Waals surface area contributed by atoms with E-state index in [-0.39, 0.29) is 6.04 Å². The van der Waals surface area contributed by atoms with Crippen LogP contribution in [-0.4, -0.2) is 37.0 Å². The third-order valence-corrected chi connectivity index (χ3v) is 3.83. The topological polar surface area (TPSA) is 47.6 Å². The van der Waals surface area contributed by atoms with Gasteiger partial charge in [0.25, 0.3) is 0 Å². The van der Waals surface area contributed by atoms with Gasteiger partial charge in [-0.2, -0.15) is 0 Å². The van der Waals surface area contributed by atoms with Gasteiger partial charge in [0.1, 0.15) is 0 Å². The largest absolute Gasteiger partial charge is 0.493 e. The van der Waals surface area contributed by atoms with Gasteiger partial charge in [0, 0.05) is 28.9 Å². The van der Waals surface area contributed by atoms with E-state index in [1.165, 1.54) is 0 Å². The Labute approximate surface area is 118 Å². The second-order valence-corrected chi connectivity index (χ2v) is 5.98. The van der Waals surface area contributed by atoms with E-state index in [2.05, 4.69) is 12.2 Å². The molecule has 5 heteroatoms. The standard InChI is InChI=1S/C14H23NO3S/c1-11(15-8-5-9-19(4)16)12-6-7-13(17-2)14(10-12)18-3/h6-7,10-11,15H,5,8-9H2,1-4H3. The Balaban J connectivity index is 2.56. The highest BCUT2D eigenvalue weighted by atomic mass is 32.2. The van der Waals surface area contributed by atoms with Crippen molar-refractivity contribution >= 4 is 10.8 Å². The van der Waals surface area contributed by atoms with E-state index >= 15 is 0 Å². The Morgan fingerprint density at radius 2 is 1.95 bits per heavy atom. The highest BCUT2D eigenvalue weighted by molar-refractivity contribution is 7.84. The normalized spacial score (nSPS) is 13.9. The Morgan fingerprint density at radius 1 is 1.26 bits per heavy atom. The van der Waals surface area contributed by atoms with E-state index in [0.29, 0.717) is 0 Å². The molecule has 0 spiro atoms. The molecule has 19 heavy (non-hydrogen) atoms. The van der Waals surface area contributed by atoms with Crippen LogP contribution in [0.4, 0.5) is 0 Å². The number of hydrogen-bond donors (Lipinski definition) is 1. The van der Waals surface area contributed by atoms with Crippen LogP contribution in [0.25, 0.3) is 0 Å². The number of ether oxygens (including phenoxy) is 2. The molecule has 2 atom stereocenters. The summed E-state index contributed by atoms with van der Waals surface area (Å²) in [6, 6.07) is 6.14. The third kappa shape index (κ3) is 5.20. The average molecular weight is 285 g/mol. The fraction of sp³-hybridized carbons (Fsp3) is 0.571. The van der Waals surface area contributed by atoms with Crippen LogP contribution in [0.2, 0.25) is 0 Å². The quantitative estimate of drug-likeness (QED) is 0.743. The predicted octanol–water partition coefficient (Wildman–Crippen LogP) is 2.12. The summed E-state index contributed by atoms with van der Waals surface area (Å²) in [6.45, 7) is 2.96. The molecule has 0 heterocycles. The lowest BCUT2D eigenvalue weighted by atomic mass is 10.1. The second-order valence-electron chi connectivity index (χ2n) is 4.42. The lowest BCUT2D eigenvalue weighted by molar-refractivity contribution is 0.354. The molecule has 1 N–H and O–H groups in total. The molecule has 1 aromatic carbocycles. The van der Waals surface area contributed by atoms with Gasteiger partial charge >= 0.3 is 0 Å². The first-order valence-corrected chi connectivity index (χ1v) is 8.06. The lowest BCUT2D eigenvalue weighted by Crippen LogP contribution is -2.21. The van der Waals surface area contributed by atoms with Crippen molar-refractivity contribution in [3.63, 3.8) is 0 Å². The summed E-state index contributed by atoms with van der Waals surface area (Å²) in [5, 5.41) is 3.41. The predicted molar refractivity (Wildman–Crippen MR) is 79.5 cm³/mol. The van der Waals surface area contributed by atoms with E-state index in [1.54, 1.807) is 20.5 Å². The molecular weight excluding hydrogens is 262 g/mol. The molecule has 0 amide bonds. The molecule has 0 aliphatic carbocycles. The summed E-state index contributed by atoms with van der Waals surface area (Å²) in [4.78, 5) is 0. The highest BCUT2D eigenvalue weighted by Crippen LogP contribution is 2.29. The zero-order valence-electron chi connectivity index (χ0n) is 12.1. The van der Waals surface area contributed by atoms with Crippen LogP contribution in [-0.2, 0) is 10.8 Å². The minimum Gasteiger partial charge on any atom is -0.493 e.